The Morgan fingerprint density at radius 1 is 1.24 bits per heavy atom. The van der Waals surface area contributed by atoms with E-state index >= 15 is 0 Å². The van der Waals surface area contributed by atoms with E-state index in [4.69, 9.17) is 27.9 Å². The lowest BCUT2D eigenvalue weighted by Gasteiger charge is -2.08. The predicted molar refractivity (Wildman–Crippen MR) is 81.7 cm³/mol. The zero-order chi connectivity index (χ0) is 15.4. The highest BCUT2D eigenvalue weighted by Crippen LogP contribution is 2.18. The fraction of sp³-hybridized carbons (Fsp3) is 0.267. The first-order valence-corrected chi connectivity index (χ1v) is 7.17. The maximum absolute atomic E-state index is 12.1. The first-order chi connectivity index (χ1) is 9.97. The van der Waals surface area contributed by atoms with Gasteiger partial charge in [-0.25, -0.2) is 14.8 Å². The highest BCUT2D eigenvalue weighted by molar-refractivity contribution is 6.33. The molecule has 0 N–H and O–H groups in total. The Morgan fingerprint density at radius 2 is 1.90 bits per heavy atom. The van der Waals surface area contributed by atoms with Crippen molar-refractivity contribution in [3.8, 4) is 0 Å². The molecule has 1 aromatic carbocycles. The first kappa shape index (κ1) is 15.7. The zero-order valence-corrected chi connectivity index (χ0v) is 13.1. The van der Waals surface area contributed by atoms with E-state index in [1.54, 1.807) is 24.3 Å². The monoisotopic (exact) mass is 324 g/mol. The number of hydrogen-bond donors (Lipinski definition) is 0. The van der Waals surface area contributed by atoms with Crippen molar-refractivity contribution in [1.82, 2.24) is 9.97 Å². The molecular weight excluding hydrogens is 311 g/mol. The molecule has 0 bridgehead atoms. The van der Waals surface area contributed by atoms with Gasteiger partial charge >= 0.3 is 5.97 Å². The summed E-state index contributed by atoms with van der Waals surface area (Å²) in [5, 5.41) is 0.811. The van der Waals surface area contributed by atoms with Crippen LogP contribution in [0.4, 0.5) is 0 Å². The van der Waals surface area contributed by atoms with Crippen molar-refractivity contribution in [3.05, 3.63) is 57.6 Å². The van der Waals surface area contributed by atoms with Crippen LogP contribution in [0.3, 0.4) is 0 Å². The molecule has 1 heterocycles. The van der Waals surface area contributed by atoms with E-state index in [9.17, 15) is 4.79 Å². The minimum absolute atomic E-state index is 0.0873. The van der Waals surface area contributed by atoms with Gasteiger partial charge in [0, 0.05) is 10.9 Å². The van der Waals surface area contributed by atoms with Crippen molar-refractivity contribution in [3.63, 3.8) is 0 Å². The van der Waals surface area contributed by atoms with E-state index in [-0.39, 0.29) is 23.2 Å². The van der Waals surface area contributed by atoms with Crippen LogP contribution in [0.25, 0.3) is 0 Å². The van der Waals surface area contributed by atoms with Gasteiger partial charge in [0.1, 0.15) is 12.4 Å². The summed E-state index contributed by atoms with van der Waals surface area (Å²) in [5.74, 6) is 0.0853. The molecule has 0 aliphatic rings. The average Bonchev–Trinajstić information content (AvgIpc) is 2.46. The Hall–Kier alpha value is -1.65. The molecule has 21 heavy (non-hydrogen) atoms. The second kappa shape index (κ2) is 6.87. The summed E-state index contributed by atoms with van der Waals surface area (Å²) in [6.07, 6.45) is 1.42. The Labute approximate surface area is 133 Å². The zero-order valence-electron chi connectivity index (χ0n) is 11.6. The number of ether oxygens (including phenoxy) is 1. The molecule has 0 aliphatic carbocycles. The number of carbonyl (C=O) groups excluding carboxylic acids is 1. The fourth-order valence-corrected chi connectivity index (χ4v) is 1.89. The molecule has 2 aromatic rings. The number of halogens is 2. The second-order valence-electron chi connectivity index (χ2n) is 4.78. The molecule has 110 valence electrons. The van der Waals surface area contributed by atoms with E-state index in [0.717, 1.165) is 5.56 Å². The van der Waals surface area contributed by atoms with E-state index < -0.39 is 5.97 Å². The summed E-state index contributed by atoms with van der Waals surface area (Å²) in [4.78, 5) is 20.3. The molecule has 2 rings (SSSR count). The third kappa shape index (κ3) is 4.16. The van der Waals surface area contributed by atoms with Gasteiger partial charge < -0.3 is 4.74 Å². The quantitative estimate of drug-likeness (QED) is 0.788. The smallest absolute Gasteiger partial charge is 0.358 e. The van der Waals surface area contributed by atoms with Crippen LogP contribution in [0.5, 0.6) is 0 Å². The molecule has 0 aliphatic heterocycles. The van der Waals surface area contributed by atoms with Gasteiger partial charge in [-0.1, -0.05) is 49.2 Å². The molecule has 0 atom stereocenters. The van der Waals surface area contributed by atoms with Gasteiger partial charge in [-0.3, -0.25) is 0 Å². The predicted octanol–water partition coefficient (Wildman–Crippen LogP) is 4.26. The Bertz CT molecular complexity index is 643. The summed E-state index contributed by atoms with van der Waals surface area (Å²) in [6.45, 7) is 4.01. The molecule has 4 nitrogen and oxygen atoms in total. The second-order valence-corrected chi connectivity index (χ2v) is 5.63. The number of carbonyl (C=O) groups is 1. The Kier molecular flexibility index (Phi) is 5.15. The summed E-state index contributed by atoms with van der Waals surface area (Å²) in [7, 11) is 0. The highest BCUT2D eigenvalue weighted by Gasteiger charge is 2.17. The van der Waals surface area contributed by atoms with Crippen molar-refractivity contribution in [1.29, 1.82) is 0 Å². The minimum Gasteiger partial charge on any atom is -0.456 e. The lowest BCUT2D eigenvalue weighted by molar-refractivity contribution is 0.0465. The van der Waals surface area contributed by atoms with Gasteiger partial charge in [-0.15, -0.1) is 0 Å². The summed E-state index contributed by atoms with van der Waals surface area (Å²) < 4.78 is 5.21. The van der Waals surface area contributed by atoms with Crippen LogP contribution >= 0.6 is 23.2 Å². The third-order valence-electron chi connectivity index (χ3n) is 2.76. The standard InChI is InChI=1S/C15H14Cl2N2O2/c1-9(2)14-18-7-12(17)13(19-14)15(20)21-8-10-3-5-11(16)6-4-10/h3-7,9H,8H2,1-2H3. The Morgan fingerprint density at radius 3 is 2.52 bits per heavy atom. The van der Waals surface area contributed by atoms with Gasteiger partial charge in [0.15, 0.2) is 5.69 Å². The summed E-state index contributed by atoms with van der Waals surface area (Å²) >= 11 is 11.8. The molecule has 0 saturated carbocycles. The molecule has 0 radical (unpaired) electrons. The Balaban J connectivity index is 2.09. The van der Waals surface area contributed by atoms with Crippen LogP contribution in [-0.2, 0) is 11.3 Å². The molecule has 1 aromatic heterocycles. The molecule has 0 spiro atoms. The SMILES string of the molecule is CC(C)c1ncc(Cl)c(C(=O)OCc2ccc(Cl)cc2)n1. The van der Waals surface area contributed by atoms with Crippen molar-refractivity contribution in [2.45, 2.75) is 26.4 Å². The number of esters is 1. The fourth-order valence-electron chi connectivity index (χ4n) is 1.60. The van der Waals surface area contributed by atoms with Crippen molar-refractivity contribution in [2.24, 2.45) is 0 Å². The van der Waals surface area contributed by atoms with Crippen LogP contribution in [-0.4, -0.2) is 15.9 Å². The highest BCUT2D eigenvalue weighted by atomic mass is 35.5. The number of aromatic nitrogens is 2. The molecule has 0 fully saturated rings. The summed E-state index contributed by atoms with van der Waals surface area (Å²) in [5.41, 5.74) is 0.923. The number of benzene rings is 1. The van der Waals surface area contributed by atoms with Gasteiger partial charge in [0.2, 0.25) is 0 Å². The topological polar surface area (TPSA) is 52.1 Å². The first-order valence-electron chi connectivity index (χ1n) is 6.41. The van der Waals surface area contributed by atoms with Crippen LogP contribution < -0.4 is 0 Å². The van der Waals surface area contributed by atoms with Crippen LogP contribution in [0.15, 0.2) is 30.5 Å². The van der Waals surface area contributed by atoms with Gasteiger partial charge in [-0.2, -0.15) is 0 Å². The lowest BCUT2D eigenvalue weighted by Crippen LogP contribution is -2.11. The average molecular weight is 325 g/mol. The van der Waals surface area contributed by atoms with Crippen LogP contribution in [0, 0.1) is 0 Å². The normalized spacial score (nSPS) is 10.7. The van der Waals surface area contributed by atoms with E-state index in [0.29, 0.717) is 10.8 Å². The lowest BCUT2D eigenvalue weighted by atomic mass is 10.2. The van der Waals surface area contributed by atoms with E-state index in [1.807, 2.05) is 13.8 Å². The number of rotatable bonds is 4. The van der Waals surface area contributed by atoms with Crippen molar-refractivity contribution >= 4 is 29.2 Å². The van der Waals surface area contributed by atoms with Crippen molar-refractivity contribution in [2.75, 3.05) is 0 Å². The number of nitrogens with zero attached hydrogens (tertiary/aromatic N) is 2. The van der Waals surface area contributed by atoms with Gasteiger partial charge in [0.25, 0.3) is 0 Å². The van der Waals surface area contributed by atoms with Crippen LogP contribution in [0.2, 0.25) is 10.0 Å². The maximum atomic E-state index is 12.1. The summed E-state index contributed by atoms with van der Waals surface area (Å²) in [6, 6.07) is 7.05. The maximum Gasteiger partial charge on any atom is 0.358 e. The largest absolute Gasteiger partial charge is 0.456 e. The van der Waals surface area contributed by atoms with E-state index in [2.05, 4.69) is 9.97 Å². The number of hydrogen-bond acceptors (Lipinski definition) is 4. The molecule has 0 amide bonds. The van der Waals surface area contributed by atoms with Gasteiger partial charge in [-0.05, 0) is 17.7 Å². The molecular formula is C15H14Cl2N2O2. The molecule has 6 heteroatoms. The molecule has 0 saturated heterocycles. The van der Waals surface area contributed by atoms with Gasteiger partial charge in [0.05, 0.1) is 11.2 Å². The van der Waals surface area contributed by atoms with Crippen molar-refractivity contribution < 1.29 is 9.53 Å². The third-order valence-corrected chi connectivity index (χ3v) is 3.28. The molecule has 0 unspecified atom stereocenters. The van der Waals surface area contributed by atoms with Crippen LogP contribution in [0.1, 0.15) is 41.6 Å². The van der Waals surface area contributed by atoms with E-state index in [1.165, 1.54) is 6.20 Å². The minimum atomic E-state index is -0.570.